The zero-order valence-electron chi connectivity index (χ0n) is 14.8. The van der Waals surface area contributed by atoms with Gasteiger partial charge in [-0.25, -0.2) is 0 Å². The Hall–Kier alpha value is -1.75. The Labute approximate surface area is 144 Å². The highest BCUT2D eigenvalue weighted by molar-refractivity contribution is 5.77. The highest BCUT2D eigenvalue weighted by atomic mass is 16.6. The summed E-state index contributed by atoms with van der Waals surface area (Å²) in [5, 5.41) is 3.23. The highest BCUT2D eigenvalue weighted by Gasteiger charge is 2.24. The molecule has 0 aromatic heterocycles. The quantitative estimate of drug-likeness (QED) is 0.855. The number of hydrogen-bond donors (Lipinski definition) is 2. The van der Waals surface area contributed by atoms with Crippen molar-refractivity contribution >= 4 is 5.91 Å². The molecule has 2 aliphatic heterocycles. The van der Waals surface area contributed by atoms with Crippen LogP contribution in [0.1, 0.15) is 44.7 Å². The fourth-order valence-corrected chi connectivity index (χ4v) is 3.57. The summed E-state index contributed by atoms with van der Waals surface area (Å²) in [6.07, 6.45) is 3.77. The van der Waals surface area contributed by atoms with E-state index < -0.39 is 0 Å². The van der Waals surface area contributed by atoms with Gasteiger partial charge in [0.25, 0.3) is 5.91 Å². The molecule has 1 atom stereocenters. The summed E-state index contributed by atoms with van der Waals surface area (Å²) < 4.78 is 11.3. The van der Waals surface area contributed by atoms with Gasteiger partial charge in [-0.3, -0.25) is 4.79 Å². The minimum absolute atomic E-state index is 0.00230. The topological polar surface area (TPSA) is 52.0 Å². The summed E-state index contributed by atoms with van der Waals surface area (Å²) in [7, 11) is 0. The molecule has 5 heteroatoms. The van der Waals surface area contributed by atoms with Gasteiger partial charge in [-0.2, -0.15) is 0 Å². The SMILES string of the molecule is CC(C)[C@@H](NC(=O)C[NH+]1CCCCC1)c1ccc2c(c1)OCCO2. The maximum Gasteiger partial charge on any atom is 0.275 e. The summed E-state index contributed by atoms with van der Waals surface area (Å²) in [4.78, 5) is 13.9. The lowest BCUT2D eigenvalue weighted by atomic mass is 9.95. The van der Waals surface area contributed by atoms with Gasteiger partial charge in [0.05, 0.1) is 19.1 Å². The number of piperidine rings is 1. The second-order valence-corrected chi connectivity index (χ2v) is 7.18. The number of benzene rings is 1. The molecular formula is C19H29N2O3+. The van der Waals surface area contributed by atoms with Gasteiger partial charge in [-0.1, -0.05) is 19.9 Å². The van der Waals surface area contributed by atoms with Crippen LogP contribution in [-0.2, 0) is 4.79 Å². The van der Waals surface area contributed by atoms with E-state index in [1.165, 1.54) is 24.2 Å². The van der Waals surface area contributed by atoms with Crippen LogP contribution in [0.2, 0.25) is 0 Å². The van der Waals surface area contributed by atoms with E-state index >= 15 is 0 Å². The third-order valence-corrected chi connectivity index (χ3v) is 4.88. The molecular weight excluding hydrogens is 304 g/mol. The molecule has 2 heterocycles. The lowest BCUT2D eigenvalue weighted by molar-refractivity contribution is -0.896. The molecule has 1 aromatic carbocycles. The van der Waals surface area contributed by atoms with Gasteiger partial charge in [-0.15, -0.1) is 0 Å². The number of carbonyl (C=O) groups excluding carboxylic acids is 1. The van der Waals surface area contributed by atoms with Gasteiger partial charge in [-0.05, 0) is 42.9 Å². The lowest BCUT2D eigenvalue weighted by Gasteiger charge is -2.27. The van der Waals surface area contributed by atoms with Crippen LogP contribution < -0.4 is 19.7 Å². The van der Waals surface area contributed by atoms with Crippen molar-refractivity contribution in [2.75, 3.05) is 32.8 Å². The standard InChI is InChI=1S/C19H28N2O3/c1-14(2)19(20-18(22)13-21-8-4-3-5-9-21)15-6-7-16-17(12-15)24-11-10-23-16/h6-7,12,14,19H,3-5,8-11,13H2,1-2H3,(H,20,22)/p+1/t19-/m1/s1. The Bertz CT molecular complexity index is 568. The van der Waals surface area contributed by atoms with Crippen LogP contribution in [0.5, 0.6) is 11.5 Å². The predicted octanol–water partition coefficient (Wildman–Crippen LogP) is 1.34. The van der Waals surface area contributed by atoms with Gasteiger partial charge >= 0.3 is 0 Å². The number of carbonyl (C=O) groups is 1. The predicted molar refractivity (Wildman–Crippen MR) is 92.6 cm³/mol. The van der Waals surface area contributed by atoms with Crippen LogP contribution in [0.25, 0.3) is 0 Å². The normalized spacial score (nSPS) is 19.1. The molecule has 3 rings (SSSR count). The molecule has 0 unspecified atom stereocenters. The van der Waals surface area contributed by atoms with Crippen LogP contribution in [0.4, 0.5) is 0 Å². The van der Waals surface area contributed by atoms with Crippen molar-refractivity contribution in [3.8, 4) is 11.5 Å². The molecule has 5 nitrogen and oxygen atoms in total. The first-order chi connectivity index (χ1) is 11.6. The van der Waals surface area contributed by atoms with Crippen LogP contribution in [-0.4, -0.2) is 38.8 Å². The summed E-state index contributed by atoms with van der Waals surface area (Å²) >= 11 is 0. The van der Waals surface area contributed by atoms with Crippen molar-refractivity contribution in [2.24, 2.45) is 5.92 Å². The molecule has 1 aromatic rings. The molecule has 24 heavy (non-hydrogen) atoms. The first-order valence-corrected chi connectivity index (χ1v) is 9.16. The van der Waals surface area contributed by atoms with Gasteiger partial charge < -0.3 is 19.7 Å². The van der Waals surface area contributed by atoms with E-state index in [0.717, 1.165) is 30.2 Å². The number of hydrogen-bond acceptors (Lipinski definition) is 3. The Kier molecular flexibility index (Phi) is 5.61. The van der Waals surface area contributed by atoms with Gasteiger partial charge in [0, 0.05) is 0 Å². The third kappa shape index (κ3) is 4.20. The minimum Gasteiger partial charge on any atom is -0.486 e. The zero-order chi connectivity index (χ0) is 16.9. The van der Waals surface area contributed by atoms with Gasteiger partial charge in [0.15, 0.2) is 18.0 Å². The monoisotopic (exact) mass is 333 g/mol. The molecule has 2 N–H and O–H groups in total. The van der Waals surface area contributed by atoms with Crippen molar-refractivity contribution in [2.45, 2.75) is 39.2 Å². The second-order valence-electron chi connectivity index (χ2n) is 7.18. The fourth-order valence-electron chi connectivity index (χ4n) is 3.57. The Morgan fingerprint density at radius 1 is 1.12 bits per heavy atom. The van der Waals surface area contributed by atoms with Gasteiger partial charge in [0.2, 0.25) is 0 Å². The molecule has 0 radical (unpaired) electrons. The molecule has 0 saturated carbocycles. The number of fused-ring (bicyclic) bond motifs is 1. The summed E-state index contributed by atoms with van der Waals surface area (Å²) in [6.45, 7) is 8.25. The van der Waals surface area contributed by atoms with E-state index in [1.54, 1.807) is 0 Å². The first kappa shape index (κ1) is 17.1. The van der Waals surface area contributed by atoms with Crippen LogP contribution in [0.15, 0.2) is 18.2 Å². The van der Waals surface area contributed by atoms with E-state index in [2.05, 4.69) is 19.2 Å². The third-order valence-electron chi connectivity index (χ3n) is 4.88. The molecule has 1 amide bonds. The number of ether oxygens (including phenoxy) is 2. The molecule has 1 fully saturated rings. The number of quaternary nitrogens is 1. The molecule has 0 spiro atoms. The average Bonchev–Trinajstić information content (AvgIpc) is 2.60. The lowest BCUT2D eigenvalue weighted by Crippen LogP contribution is -3.13. The van der Waals surface area contributed by atoms with Crippen molar-refractivity contribution in [3.63, 3.8) is 0 Å². The molecule has 0 bridgehead atoms. The Balaban J connectivity index is 1.66. The maximum atomic E-state index is 12.5. The van der Waals surface area contributed by atoms with Gasteiger partial charge in [0.1, 0.15) is 13.2 Å². The Morgan fingerprint density at radius 3 is 2.54 bits per heavy atom. The molecule has 132 valence electrons. The minimum atomic E-state index is -0.00230. The number of nitrogens with one attached hydrogen (secondary N) is 2. The summed E-state index contributed by atoms with van der Waals surface area (Å²) in [5.74, 6) is 2.02. The van der Waals surface area contributed by atoms with E-state index in [4.69, 9.17) is 9.47 Å². The van der Waals surface area contributed by atoms with Crippen molar-refractivity contribution in [1.29, 1.82) is 0 Å². The maximum absolute atomic E-state index is 12.5. The van der Waals surface area contributed by atoms with E-state index in [0.29, 0.717) is 25.7 Å². The van der Waals surface area contributed by atoms with E-state index in [-0.39, 0.29) is 11.9 Å². The summed E-state index contributed by atoms with van der Waals surface area (Å²) in [6, 6.07) is 5.98. The van der Waals surface area contributed by atoms with Crippen LogP contribution in [0, 0.1) is 5.92 Å². The Morgan fingerprint density at radius 2 is 1.83 bits per heavy atom. The second kappa shape index (κ2) is 7.88. The highest BCUT2D eigenvalue weighted by Crippen LogP contribution is 2.34. The largest absolute Gasteiger partial charge is 0.486 e. The fraction of sp³-hybridized carbons (Fsp3) is 0.632. The summed E-state index contributed by atoms with van der Waals surface area (Å²) in [5.41, 5.74) is 1.08. The first-order valence-electron chi connectivity index (χ1n) is 9.16. The van der Waals surface area contributed by atoms with Crippen LogP contribution >= 0.6 is 0 Å². The number of amides is 1. The smallest absolute Gasteiger partial charge is 0.275 e. The van der Waals surface area contributed by atoms with E-state index in [1.807, 2.05) is 18.2 Å². The molecule has 2 aliphatic rings. The van der Waals surface area contributed by atoms with Crippen LogP contribution in [0.3, 0.4) is 0 Å². The zero-order valence-corrected chi connectivity index (χ0v) is 14.8. The molecule has 0 aliphatic carbocycles. The number of likely N-dealkylation sites (tertiary alicyclic amines) is 1. The van der Waals surface area contributed by atoms with Crippen molar-refractivity contribution in [1.82, 2.24) is 5.32 Å². The van der Waals surface area contributed by atoms with Crippen molar-refractivity contribution < 1.29 is 19.2 Å². The average molecular weight is 333 g/mol. The molecule has 1 saturated heterocycles. The van der Waals surface area contributed by atoms with E-state index in [9.17, 15) is 4.79 Å². The van der Waals surface area contributed by atoms with Crippen molar-refractivity contribution in [3.05, 3.63) is 23.8 Å². The number of rotatable bonds is 5.